The fourth-order valence-corrected chi connectivity index (χ4v) is 1.44. The van der Waals surface area contributed by atoms with Gasteiger partial charge in [-0.05, 0) is 12.1 Å². The first-order valence-corrected chi connectivity index (χ1v) is 5.71. The second-order valence-corrected chi connectivity index (χ2v) is 4.13. The lowest BCUT2D eigenvalue weighted by molar-refractivity contribution is 0.297. The predicted octanol–water partition coefficient (Wildman–Crippen LogP) is 0.681. The van der Waals surface area contributed by atoms with Gasteiger partial charge in [0, 0.05) is 14.1 Å². The van der Waals surface area contributed by atoms with Crippen LogP contribution in [-0.4, -0.2) is 29.0 Å². The lowest BCUT2D eigenvalue weighted by atomic mass is 10.3. The van der Waals surface area contributed by atoms with E-state index in [1.54, 1.807) is 17.0 Å². The van der Waals surface area contributed by atoms with Crippen molar-refractivity contribution >= 4 is 17.6 Å². The van der Waals surface area contributed by atoms with E-state index in [4.69, 9.17) is 16.2 Å². The molecule has 0 saturated heterocycles. The van der Waals surface area contributed by atoms with Crippen molar-refractivity contribution in [2.75, 3.05) is 30.5 Å². The fourth-order valence-electron chi connectivity index (χ4n) is 1.44. The number of para-hydroxylation sites is 2. The molecule has 7 heteroatoms. The third-order valence-electron chi connectivity index (χ3n) is 2.36. The van der Waals surface area contributed by atoms with Crippen molar-refractivity contribution in [3.05, 3.63) is 30.1 Å². The monoisotopic (exact) mass is 260 g/mol. The zero-order valence-corrected chi connectivity index (χ0v) is 10.9. The van der Waals surface area contributed by atoms with Crippen LogP contribution in [0.2, 0.25) is 0 Å². The Labute approximate surface area is 111 Å². The normalized spacial score (nSPS) is 10.2. The van der Waals surface area contributed by atoms with E-state index in [2.05, 4.69) is 15.0 Å². The molecular weight excluding hydrogens is 244 g/mol. The maximum atomic E-state index is 5.78. The van der Waals surface area contributed by atoms with Crippen molar-refractivity contribution < 1.29 is 4.74 Å². The molecule has 2 rings (SSSR count). The smallest absolute Gasteiger partial charge is 0.230 e. The summed E-state index contributed by atoms with van der Waals surface area (Å²) in [5.41, 5.74) is 12.0. The molecule has 1 aromatic heterocycles. The number of hydrogen-bond donors (Lipinski definition) is 2. The predicted molar refractivity (Wildman–Crippen MR) is 73.8 cm³/mol. The van der Waals surface area contributed by atoms with Gasteiger partial charge >= 0.3 is 0 Å². The van der Waals surface area contributed by atoms with E-state index < -0.39 is 0 Å². The lowest BCUT2D eigenvalue weighted by Gasteiger charge is -2.12. The quantitative estimate of drug-likeness (QED) is 0.779. The molecule has 19 heavy (non-hydrogen) atoms. The highest BCUT2D eigenvalue weighted by Crippen LogP contribution is 2.20. The maximum absolute atomic E-state index is 5.78. The molecular formula is C12H16N6O. The van der Waals surface area contributed by atoms with E-state index >= 15 is 0 Å². The van der Waals surface area contributed by atoms with E-state index in [9.17, 15) is 0 Å². The zero-order valence-electron chi connectivity index (χ0n) is 10.9. The van der Waals surface area contributed by atoms with Gasteiger partial charge in [0.05, 0.1) is 5.69 Å². The third kappa shape index (κ3) is 3.21. The van der Waals surface area contributed by atoms with Crippen LogP contribution in [0.5, 0.6) is 5.75 Å². The number of ether oxygens (including phenoxy) is 1. The van der Waals surface area contributed by atoms with Gasteiger partial charge in [0.25, 0.3) is 0 Å². The average molecular weight is 260 g/mol. The number of nitrogen functional groups attached to an aromatic ring is 2. The van der Waals surface area contributed by atoms with E-state index in [1.165, 1.54) is 0 Å². The number of nitrogens with two attached hydrogens (primary N) is 2. The summed E-state index contributed by atoms with van der Waals surface area (Å²) in [6.45, 7) is 0.182. The zero-order chi connectivity index (χ0) is 13.8. The minimum atomic E-state index is 0.165. The molecule has 100 valence electrons. The number of hydrogen-bond acceptors (Lipinski definition) is 7. The first-order valence-electron chi connectivity index (χ1n) is 5.71. The van der Waals surface area contributed by atoms with Gasteiger partial charge in [-0.3, -0.25) is 0 Å². The van der Waals surface area contributed by atoms with Crippen LogP contribution in [0.4, 0.5) is 17.6 Å². The van der Waals surface area contributed by atoms with Crippen molar-refractivity contribution in [2.24, 2.45) is 0 Å². The summed E-state index contributed by atoms with van der Waals surface area (Å²) in [7, 11) is 3.66. The van der Waals surface area contributed by atoms with Crippen LogP contribution in [0.25, 0.3) is 0 Å². The summed E-state index contributed by atoms with van der Waals surface area (Å²) in [4.78, 5) is 14.0. The van der Waals surface area contributed by atoms with Crippen LogP contribution in [-0.2, 0) is 6.61 Å². The van der Waals surface area contributed by atoms with E-state index in [1.807, 2.05) is 26.2 Å². The van der Waals surface area contributed by atoms with E-state index in [0.29, 0.717) is 23.2 Å². The minimum Gasteiger partial charge on any atom is -0.483 e. The summed E-state index contributed by atoms with van der Waals surface area (Å²) in [5.74, 6) is 1.71. The first-order chi connectivity index (χ1) is 9.06. The van der Waals surface area contributed by atoms with Crippen LogP contribution < -0.4 is 21.1 Å². The molecule has 0 aliphatic carbocycles. The van der Waals surface area contributed by atoms with Gasteiger partial charge in [-0.1, -0.05) is 12.1 Å². The Morgan fingerprint density at radius 3 is 2.53 bits per heavy atom. The Bertz CT molecular complexity index is 572. The molecule has 0 atom stereocenters. The highest BCUT2D eigenvalue weighted by atomic mass is 16.5. The Morgan fingerprint density at radius 2 is 1.84 bits per heavy atom. The van der Waals surface area contributed by atoms with Gasteiger partial charge in [-0.25, -0.2) is 0 Å². The molecule has 2 aromatic rings. The highest BCUT2D eigenvalue weighted by molar-refractivity contribution is 5.51. The van der Waals surface area contributed by atoms with Crippen molar-refractivity contribution in [3.63, 3.8) is 0 Å². The number of benzene rings is 1. The SMILES string of the molecule is CN(C)c1nc(N)nc(COc2ccccc2N)n1. The molecule has 1 aromatic carbocycles. The van der Waals surface area contributed by atoms with Gasteiger partial charge in [0.2, 0.25) is 11.9 Å². The molecule has 4 N–H and O–H groups in total. The lowest BCUT2D eigenvalue weighted by Crippen LogP contribution is -2.17. The van der Waals surface area contributed by atoms with Gasteiger partial charge in [-0.2, -0.15) is 15.0 Å². The molecule has 0 saturated carbocycles. The van der Waals surface area contributed by atoms with Crippen molar-refractivity contribution in [2.45, 2.75) is 6.61 Å². The van der Waals surface area contributed by atoms with Gasteiger partial charge < -0.3 is 21.1 Å². The average Bonchev–Trinajstić information content (AvgIpc) is 2.37. The van der Waals surface area contributed by atoms with E-state index in [0.717, 1.165) is 0 Å². The molecule has 0 spiro atoms. The van der Waals surface area contributed by atoms with E-state index in [-0.39, 0.29) is 12.6 Å². The molecule has 0 bridgehead atoms. The van der Waals surface area contributed by atoms with Crippen LogP contribution in [0.15, 0.2) is 24.3 Å². The molecule has 0 radical (unpaired) electrons. The Morgan fingerprint density at radius 1 is 1.11 bits per heavy atom. The van der Waals surface area contributed by atoms with Crippen LogP contribution in [0.3, 0.4) is 0 Å². The first kappa shape index (κ1) is 12.9. The number of rotatable bonds is 4. The molecule has 0 fully saturated rings. The molecule has 0 aliphatic heterocycles. The Balaban J connectivity index is 2.14. The van der Waals surface area contributed by atoms with Crippen LogP contribution >= 0.6 is 0 Å². The molecule has 7 nitrogen and oxygen atoms in total. The Hall–Kier alpha value is -2.57. The number of aromatic nitrogens is 3. The molecule has 1 heterocycles. The number of nitrogens with zero attached hydrogens (tertiary/aromatic N) is 4. The molecule has 0 unspecified atom stereocenters. The van der Waals surface area contributed by atoms with Crippen molar-refractivity contribution in [3.8, 4) is 5.75 Å². The second-order valence-electron chi connectivity index (χ2n) is 4.13. The fraction of sp³-hybridized carbons (Fsp3) is 0.250. The summed E-state index contributed by atoms with van der Waals surface area (Å²) in [5, 5.41) is 0. The molecule has 0 amide bonds. The third-order valence-corrected chi connectivity index (χ3v) is 2.36. The topological polar surface area (TPSA) is 103 Å². The highest BCUT2D eigenvalue weighted by Gasteiger charge is 2.07. The number of anilines is 3. The second kappa shape index (κ2) is 5.38. The standard InChI is InChI=1S/C12H16N6O/c1-18(2)12-16-10(15-11(14)17-12)7-19-9-6-4-3-5-8(9)13/h3-6H,7,13H2,1-2H3,(H2,14,15,16,17). The van der Waals surface area contributed by atoms with Gasteiger partial charge in [0.15, 0.2) is 5.82 Å². The van der Waals surface area contributed by atoms with Gasteiger partial charge in [0.1, 0.15) is 12.4 Å². The maximum Gasteiger partial charge on any atom is 0.230 e. The summed E-state index contributed by atoms with van der Waals surface area (Å²) in [6, 6.07) is 7.24. The largest absolute Gasteiger partial charge is 0.483 e. The minimum absolute atomic E-state index is 0.165. The van der Waals surface area contributed by atoms with Crippen molar-refractivity contribution in [1.82, 2.24) is 15.0 Å². The Kier molecular flexibility index (Phi) is 3.65. The van der Waals surface area contributed by atoms with Crippen molar-refractivity contribution in [1.29, 1.82) is 0 Å². The van der Waals surface area contributed by atoms with Crippen LogP contribution in [0.1, 0.15) is 5.82 Å². The summed E-state index contributed by atoms with van der Waals surface area (Å²) in [6.07, 6.45) is 0. The van der Waals surface area contributed by atoms with Gasteiger partial charge in [-0.15, -0.1) is 0 Å². The summed E-state index contributed by atoms with van der Waals surface area (Å²) < 4.78 is 5.56. The van der Waals surface area contributed by atoms with Crippen LogP contribution in [0, 0.1) is 0 Å². The molecule has 0 aliphatic rings. The summed E-state index contributed by atoms with van der Waals surface area (Å²) >= 11 is 0.